The van der Waals surface area contributed by atoms with E-state index in [2.05, 4.69) is 47.8 Å². The quantitative estimate of drug-likeness (QED) is 0.706. The zero-order chi connectivity index (χ0) is 11.7. The van der Waals surface area contributed by atoms with Gasteiger partial charge in [-0.1, -0.05) is 31.9 Å². The Balaban J connectivity index is 2.45. The Morgan fingerprint density at radius 3 is 2.38 bits per heavy atom. The molecule has 2 rings (SSSR count). The highest BCUT2D eigenvalue weighted by Crippen LogP contribution is 2.35. The van der Waals surface area contributed by atoms with Crippen LogP contribution in [-0.2, 0) is 0 Å². The summed E-state index contributed by atoms with van der Waals surface area (Å²) in [7, 11) is 0. The average Bonchev–Trinajstić information content (AvgIpc) is 2.67. The van der Waals surface area contributed by atoms with Crippen molar-refractivity contribution in [3.63, 3.8) is 0 Å². The van der Waals surface area contributed by atoms with Crippen LogP contribution in [0.4, 0.5) is 0 Å². The van der Waals surface area contributed by atoms with Crippen molar-refractivity contribution in [2.75, 3.05) is 0 Å². The molecule has 1 N–H and O–H groups in total. The molecular formula is C11H7Br3OS. The molecule has 1 atom stereocenters. The molecule has 0 aliphatic rings. The normalized spacial score (nSPS) is 12.8. The second-order valence-electron chi connectivity index (χ2n) is 3.24. The lowest BCUT2D eigenvalue weighted by molar-refractivity contribution is 0.219. The van der Waals surface area contributed by atoms with Crippen molar-refractivity contribution in [3.05, 3.63) is 53.5 Å². The van der Waals surface area contributed by atoms with Gasteiger partial charge in [0.2, 0.25) is 0 Å². The summed E-state index contributed by atoms with van der Waals surface area (Å²) in [6.07, 6.45) is -0.618. The van der Waals surface area contributed by atoms with Crippen molar-refractivity contribution in [1.82, 2.24) is 0 Å². The van der Waals surface area contributed by atoms with Crippen molar-refractivity contribution in [2.45, 2.75) is 6.10 Å². The maximum Gasteiger partial charge on any atom is 0.107 e. The van der Waals surface area contributed by atoms with E-state index < -0.39 is 6.10 Å². The Hall–Kier alpha value is 0.320. The summed E-state index contributed by atoms with van der Waals surface area (Å²) in [5.41, 5.74) is 1.75. The highest BCUT2D eigenvalue weighted by Gasteiger charge is 2.17. The monoisotopic (exact) mass is 424 g/mol. The molecule has 5 heteroatoms. The predicted octanol–water partition coefficient (Wildman–Crippen LogP) is 5.12. The zero-order valence-electron chi connectivity index (χ0n) is 7.95. The zero-order valence-corrected chi connectivity index (χ0v) is 13.5. The number of hydrogen-bond acceptors (Lipinski definition) is 2. The molecule has 84 valence electrons. The molecular weight excluding hydrogens is 420 g/mol. The summed E-state index contributed by atoms with van der Waals surface area (Å²) in [6, 6.07) is 5.77. The van der Waals surface area contributed by atoms with Crippen LogP contribution >= 0.6 is 59.1 Å². The largest absolute Gasteiger partial charge is 0.384 e. The van der Waals surface area contributed by atoms with Crippen LogP contribution in [-0.4, -0.2) is 5.11 Å². The molecule has 1 unspecified atom stereocenters. The molecule has 0 saturated heterocycles. The lowest BCUT2D eigenvalue weighted by Crippen LogP contribution is -1.99. The van der Waals surface area contributed by atoms with E-state index in [1.165, 1.54) is 0 Å². The van der Waals surface area contributed by atoms with Crippen molar-refractivity contribution >= 4 is 59.1 Å². The van der Waals surface area contributed by atoms with Crippen LogP contribution in [0.3, 0.4) is 0 Å². The summed E-state index contributed by atoms with van der Waals surface area (Å²) in [5.74, 6) is 0. The highest BCUT2D eigenvalue weighted by atomic mass is 79.9. The highest BCUT2D eigenvalue weighted by molar-refractivity contribution is 9.11. The first-order valence-corrected chi connectivity index (χ1v) is 7.76. The minimum Gasteiger partial charge on any atom is -0.384 e. The van der Waals surface area contributed by atoms with E-state index in [4.69, 9.17) is 0 Å². The minimum absolute atomic E-state index is 0.618. The molecule has 2 aromatic rings. The third-order valence-electron chi connectivity index (χ3n) is 2.19. The molecule has 0 aliphatic heterocycles. The van der Waals surface area contributed by atoms with Crippen LogP contribution in [0.2, 0.25) is 0 Å². The van der Waals surface area contributed by atoms with Crippen LogP contribution < -0.4 is 0 Å². The van der Waals surface area contributed by atoms with Crippen LogP contribution in [0, 0.1) is 0 Å². The van der Waals surface area contributed by atoms with Crippen LogP contribution in [0.25, 0.3) is 0 Å². The second kappa shape index (κ2) is 5.31. The maximum absolute atomic E-state index is 10.3. The fourth-order valence-corrected chi connectivity index (χ4v) is 3.75. The van der Waals surface area contributed by atoms with E-state index in [-0.39, 0.29) is 0 Å². The minimum atomic E-state index is -0.618. The fraction of sp³-hybridized carbons (Fsp3) is 0.0909. The predicted molar refractivity (Wildman–Crippen MR) is 77.9 cm³/mol. The first-order valence-electron chi connectivity index (χ1n) is 4.44. The third kappa shape index (κ3) is 2.59. The van der Waals surface area contributed by atoms with Crippen molar-refractivity contribution in [2.24, 2.45) is 0 Å². The Kier molecular flexibility index (Phi) is 4.24. The Bertz CT molecular complexity index is 510. The number of hydrogen-bond donors (Lipinski definition) is 1. The van der Waals surface area contributed by atoms with Gasteiger partial charge in [0.25, 0.3) is 0 Å². The SMILES string of the molecule is OC(c1cscc1Br)c1cc(Br)ccc1Br. The van der Waals surface area contributed by atoms with Crippen molar-refractivity contribution in [1.29, 1.82) is 0 Å². The van der Waals surface area contributed by atoms with Gasteiger partial charge < -0.3 is 5.11 Å². The average molecular weight is 427 g/mol. The summed E-state index contributed by atoms with van der Waals surface area (Å²) < 4.78 is 2.80. The molecule has 0 bridgehead atoms. The smallest absolute Gasteiger partial charge is 0.107 e. The Morgan fingerprint density at radius 1 is 1.00 bits per heavy atom. The Morgan fingerprint density at radius 2 is 1.75 bits per heavy atom. The molecule has 0 saturated carbocycles. The first kappa shape index (κ1) is 12.8. The van der Waals surface area contributed by atoms with E-state index in [1.807, 2.05) is 29.0 Å². The van der Waals surface area contributed by atoms with Gasteiger partial charge in [-0.25, -0.2) is 0 Å². The van der Waals surface area contributed by atoms with Crippen LogP contribution in [0.15, 0.2) is 42.4 Å². The van der Waals surface area contributed by atoms with Gasteiger partial charge in [0.15, 0.2) is 0 Å². The first-order chi connectivity index (χ1) is 7.59. The van der Waals surface area contributed by atoms with Gasteiger partial charge in [-0.2, -0.15) is 11.3 Å². The molecule has 1 nitrogen and oxygen atoms in total. The number of aliphatic hydroxyl groups is 1. The van der Waals surface area contributed by atoms with Gasteiger partial charge in [0.05, 0.1) is 0 Å². The van der Waals surface area contributed by atoms with Gasteiger partial charge >= 0.3 is 0 Å². The van der Waals surface area contributed by atoms with E-state index in [9.17, 15) is 5.11 Å². The molecule has 1 heterocycles. The molecule has 0 spiro atoms. The number of benzene rings is 1. The molecule has 1 aromatic heterocycles. The molecule has 0 radical (unpaired) electrons. The van der Waals surface area contributed by atoms with Crippen molar-refractivity contribution in [3.8, 4) is 0 Å². The lowest BCUT2D eigenvalue weighted by atomic mass is 10.0. The number of aliphatic hydroxyl groups excluding tert-OH is 1. The Labute approximate surface area is 123 Å². The van der Waals surface area contributed by atoms with Crippen LogP contribution in [0.1, 0.15) is 17.2 Å². The molecule has 0 aliphatic carbocycles. The summed E-state index contributed by atoms with van der Waals surface area (Å²) in [5, 5.41) is 14.2. The molecule has 0 amide bonds. The van der Waals surface area contributed by atoms with E-state index >= 15 is 0 Å². The molecule has 1 aromatic carbocycles. The van der Waals surface area contributed by atoms with Gasteiger partial charge in [-0.3, -0.25) is 0 Å². The van der Waals surface area contributed by atoms with E-state index in [0.717, 1.165) is 24.5 Å². The third-order valence-corrected chi connectivity index (χ3v) is 5.16. The second-order valence-corrected chi connectivity index (χ2v) is 6.61. The summed E-state index contributed by atoms with van der Waals surface area (Å²) >= 11 is 11.8. The van der Waals surface area contributed by atoms with Gasteiger partial charge in [-0.15, -0.1) is 0 Å². The van der Waals surface area contributed by atoms with Gasteiger partial charge in [0.1, 0.15) is 6.10 Å². The van der Waals surface area contributed by atoms with Gasteiger partial charge in [0, 0.05) is 29.9 Å². The summed E-state index contributed by atoms with van der Waals surface area (Å²) in [6.45, 7) is 0. The van der Waals surface area contributed by atoms with E-state index in [0.29, 0.717) is 0 Å². The molecule has 0 fully saturated rings. The van der Waals surface area contributed by atoms with Crippen molar-refractivity contribution < 1.29 is 5.11 Å². The topological polar surface area (TPSA) is 20.2 Å². The fourth-order valence-electron chi connectivity index (χ4n) is 1.38. The number of rotatable bonds is 2. The summed E-state index contributed by atoms with van der Waals surface area (Å²) in [4.78, 5) is 0. The standard InChI is InChI=1S/C11H7Br3OS/c12-6-1-2-9(13)7(3-6)11(15)8-4-16-5-10(8)14/h1-5,11,15H. The number of halogens is 3. The van der Waals surface area contributed by atoms with Crippen LogP contribution in [0.5, 0.6) is 0 Å². The lowest BCUT2D eigenvalue weighted by Gasteiger charge is -2.12. The number of thiophene rings is 1. The molecule has 16 heavy (non-hydrogen) atoms. The maximum atomic E-state index is 10.3. The van der Waals surface area contributed by atoms with E-state index in [1.54, 1.807) is 11.3 Å². The van der Waals surface area contributed by atoms with Gasteiger partial charge in [-0.05, 0) is 39.5 Å².